The lowest BCUT2D eigenvalue weighted by atomic mass is 9.67. The van der Waals surface area contributed by atoms with Crippen molar-refractivity contribution in [1.29, 1.82) is 0 Å². The molecule has 5 heteroatoms. The molecule has 0 spiro atoms. The van der Waals surface area contributed by atoms with Crippen LogP contribution in [0.3, 0.4) is 0 Å². The minimum Gasteiger partial charge on any atom is -0.351 e. The van der Waals surface area contributed by atoms with E-state index in [-0.39, 0.29) is 17.9 Å². The molecular formula is C16H20F2N2O. The average molecular weight is 294 g/mol. The Labute approximate surface area is 123 Å². The van der Waals surface area contributed by atoms with Gasteiger partial charge < -0.3 is 10.6 Å². The van der Waals surface area contributed by atoms with Crippen molar-refractivity contribution < 1.29 is 13.6 Å². The summed E-state index contributed by atoms with van der Waals surface area (Å²) in [5.41, 5.74) is 0.125. The summed E-state index contributed by atoms with van der Waals surface area (Å²) in [5, 5.41) is 6.19. The Bertz CT molecular complexity index is 529. The van der Waals surface area contributed by atoms with Gasteiger partial charge in [0.1, 0.15) is 11.6 Å². The molecule has 114 valence electrons. The SMILES string of the molecule is O=C(NCc1cc(F)cc(F)c1)[C@@]12CCCC[C@H]1CNC2. The Hall–Kier alpha value is -1.49. The molecule has 21 heavy (non-hydrogen) atoms. The van der Waals surface area contributed by atoms with E-state index in [0.29, 0.717) is 18.0 Å². The molecule has 0 bridgehead atoms. The van der Waals surface area contributed by atoms with E-state index >= 15 is 0 Å². The van der Waals surface area contributed by atoms with Gasteiger partial charge in [0.25, 0.3) is 0 Å². The minimum atomic E-state index is -0.615. The number of fused-ring (bicyclic) bond motifs is 1. The molecule has 1 aromatic rings. The van der Waals surface area contributed by atoms with Gasteiger partial charge in [-0.15, -0.1) is 0 Å². The first-order valence-electron chi connectivity index (χ1n) is 7.54. The zero-order valence-corrected chi connectivity index (χ0v) is 11.9. The summed E-state index contributed by atoms with van der Waals surface area (Å²) in [6.45, 7) is 1.77. The summed E-state index contributed by atoms with van der Waals surface area (Å²) in [6.07, 6.45) is 4.22. The van der Waals surface area contributed by atoms with Gasteiger partial charge >= 0.3 is 0 Å². The fourth-order valence-corrected chi connectivity index (χ4v) is 3.76. The van der Waals surface area contributed by atoms with Crippen LogP contribution in [-0.4, -0.2) is 19.0 Å². The molecular weight excluding hydrogens is 274 g/mol. The van der Waals surface area contributed by atoms with Gasteiger partial charge in [0.05, 0.1) is 5.41 Å². The first-order valence-corrected chi connectivity index (χ1v) is 7.54. The second-order valence-electron chi connectivity index (χ2n) is 6.19. The third-order valence-corrected chi connectivity index (χ3v) is 4.87. The van der Waals surface area contributed by atoms with E-state index in [0.717, 1.165) is 31.9 Å². The summed E-state index contributed by atoms with van der Waals surface area (Å²) in [6, 6.07) is 3.35. The van der Waals surface area contributed by atoms with Crippen LogP contribution in [0.15, 0.2) is 18.2 Å². The summed E-state index contributed by atoms with van der Waals surface area (Å²) in [5.74, 6) is -0.830. The number of hydrogen-bond donors (Lipinski definition) is 2. The molecule has 1 saturated heterocycles. The second-order valence-corrected chi connectivity index (χ2v) is 6.19. The predicted molar refractivity (Wildman–Crippen MR) is 75.5 cm³/mol. The number of rotatable bonds is 3. The molecule has 1 amide bonds. The standard InChI is InChI=1S/C16H20F2N2O/c17-13-5-11(6-14(18)7-13)8-20-15(21)16-4-2-1-3-12(16)9-19-10-16/h5-7,12,19H,1-4,8-10H2,(H,20,21)/t12-,16+/m0/s1. The molecule has 0 aromatic heterocycles. The van der Waals surface area contributed by atoms with Crippen LogP contribution in [-0.2, 0) is 11.3 Å². The summed E-state index contributed by atoms with van der Waals surface area (Å²) in [7, 11) is 0. The molecule has 0 unspecified atom stereocenters. The van der Waals surface area contributed by atoms with E-state index in [4.69, 9.17) is 0 Å². The Morgan fingerprint density at radius 1 is 1.29 bits per heavy atom. The quantitative estimate of drug-likeness (QED) is 0.898. The summed E-state index contributed by atoms with van der Waals surface area (Å²) >= 11 is 0. The Balaban J connectivity index is 1.68. The van der Waals surface area contributed by atoms with E-state index < -0.39 is 11.6 Å². The van der Waals surface area contributed by atoms with Crippen LogP contribution in [0.2, 0.25) is 0 Å². The van der Waals surface area contributed by atoms with Crippen molar-refractivity contribution in [3.63, 3.8) is 0 Å². The molecule has 2 N–H and O–H groups in total. The van der Waals surface area contributed by atoms with E-state index in [2.05, 4.69) is 10.6 Å². The van der Waals surface area contributed by atoms with Gasteiger partial charge in [-0.25, -0.2) is 8.78 Å². The van der Waals surface area contributed by atoms with Crippen LogP contribution in [0.4, 0.5) is 8.78 Å². The monoisotopic (exact) mass is 294 g/mol. The third-order valence-electron chi connectivity index (χ3n) is 4.87. The predicted octanol–water partition coefficient (Wildman–Crippen LogP) is 2.36. The number of carbonyl (C=O) groups is 1. The number of nitrogens with one attached hydrogen (secondary N) is 2. The van der Waals surface area contributed by atoms with E-state index in [9.17, 15) is 13.6 Å². The highest BCUT2D eigenvalue weighted by Gasteiger charge is 2.49. The van der Waals surface area contributed by atoms with Crippen LogP contribution >= 0.6 is 0 Å². The number of carbonyl (C=O) groups excluding carboxylic acids is 1. The first-order chi connectivity index (χ1) is 10.1. The van der Waals surface area contributed by atoms with Crippen molar-refractivity contribution in [3.05, 3.63) is 35.4 Å². The molecule has 1 heterocycles. The smallest absolute Gasteiger partial charge is 0.228 e. The first kappa shape index (κ1) is 14.4. The van der Waals surface area contributed by atoms with Crippen LogP contribution in [0, 0.1) is 23.0 Å². The summed E-state index contributed by atoms with van der Waals surface area (Å²) in [4.78, 5) is 12.6. The Morgan fingerprint density at radius 2 is 2.05 bits per heavy atom. The highest BCUT2D eigenvalue weighted by molar-refractivity contribution is 5.83. The zero-order chi connectivity index (χ0) is 14.9. The lowest BCUT2D eigenvalue weighted by Crippen LogP contribution is -2.47. The normalized spacial score (nSPS) is 28.2. The fourth-order valence-electron chi connectivity index (χ4n) is 3.76. The van der Waals surface area contributed by atoms with E-state index in [1.54, 1.807) is 0 Å². The molecule has 2 atom stereocenters. The van der Waals surface area contributed by atoms with Crippen LogP contribution in [0.25, 0.3) is 0 Å². The molecule has 1 aromatic carbocycles. The molecule has 1 aliphatic heterocycles. The highest BCUT2D eigenvalue weighted by Crippen LogP contribution is 2.43. The maximum absolute atomic E-state index is 13.2. The van der Waals surface area contributed by atoms with E-state index in [1.165, 1.54) is 18.6 Å². The Morgan fingerprint density at radius 3 is 2.81 bits per heavy atom. The van der Waals surface area contributed by atoms with Gasteiger partial charge in [-0.05, 0) is 43.0 Å². The molecule has 1 saturated carbocycles. The lowest BCUT2D eigenvalue weighted by molar-refractivity contribution is -0.134. The van der Waals surface area contributed by atoms with Crippen molar-refractivity contribution in [1.82, 2.24) is 10.6 Å². The lowest BCUT2D eigenvalue weighted by Gasteiger charge is -2.37. The van der Waals surface area contributed by atoms with Crippen LogP contribution < -0.4 is 10.6 Å². The van der Waals surface area contributed by atoms with Crippen molar-refractivity contribution >= 4 is 5.91 Å². The average Bonchev–Trinajstić information content (AvgIpc) is 2.88. The molecule has 3 nitrogen and oxygen atoms in total. The molecule has 3 rings (SSSR count). The summed E-state index contributed by atoms with van der Waals surface area (Å²) < 4.78 is 26.3. The zero-order valence-electron chi connectivity index (χ0n) is 11.9. The third kappa shape index (κ3) is 2.79. The van der Waals surface area contributed by atoms with Gasteiger partial charge in [-0.2, -0.15) is 0 Å². The van der Waals surface area contributed by atoms with E-state index in [1.807, 2.05) is 0 Å². The Kier molecular flexibility index (Phi) is 3.93. The molecule has 0 radical (unpaired) electrons. The van der Waals surface area contributed by atoms with Gasteiger partial charge in [0.15, 0.2) is 0 Å². The molecule has 2 aliphatic rings. The highest BCUT2D eigenvalue weighted by atomic mass is 19.1. The van der Waals surface area contributed by atoms with Gasteiger partial charge in [0, 0.05) is 19.2 Å². The van der Waals surface area contributed by atoms with Crippen molar-refractivity contribution in [3.8, 4) is 0 Å². The van der Waals surface area contributed by atoms with Crippen molar-refractivity contribution in [2.24, 2.45) is 11.3 Å². The van der Waals surface area contributed by atoms with Crippen LogP contribution in [0.5, 0.6) is 0 Å². The second kappa shape index (κ2) is 5.72. The number of hydrogen-bond acceptors (Lipinski definition) is 2. The van der Waals surface area contributed by atoms with Gasteiger partial charge in [-0.3, -0.25) is 4.79 Å². The van der Waals surface area contributed by atoms with Crippen LogP contribution in [0.1, 0.15) is 31.2 Å². The maximum atomic E-state index is 13.2. The van der Waals surface area contributed by atoms with Gasteiger partial charge in [0.2, 0.25) is 5.91 Å². The number of amides is 1. The topological polar surface area (TPSA) is 41.1 Å². The molecule has 1 aliphatic carbocycles. The number of benzene rings is 1. The minimum absolute atomic E-state index is 0.0156. The molecule has 2 fully saturated rings. The fraction of sp³-hybridized carbons (Fsp3) is 0.562. The van der Waals surface area contributed by atoms with Crippen molar-refractivity contribution in [2.75, 3.05) is 13.1 Å². The van der Waals surface area contributed by atoms with Crippen molar-refractivity contribution in [2.45, 2.75) is 32.2 Å². The largest absolute Gasteiger partial charge is 0.351 e. The number of halogens is 2. The maximum Gasteiger partial charge on any atom is 0.228 e. The van der Waals surface area contributed by atoms with Gasteiger partial charge in [-0.1, -0.05) is 12.8 Å².